The molecule has 0 unspecified atom stereocenters. The molecule has 1 fully saturated rings. The van der Waals surface area contributed by atoms with E-state index in [-0.39, 0.29) is 11.9 Å². The lowest BCUT2D eigenvalue weighted by Crippen LogP contribution is -2.43. The number of nitrogens with zero attached hydrogens (tertiary/aromatic N) is 1. The van der Waals surface area contributed by atoms with E-state index in [0.717, 1.165) is 29.9 Å². The first-order valence-corrected chi connectivity index (χ1v) is 7.99. The normalized spacial score (nSPS) is 16.7. The first-order chi connectivity index (χ1) is 11.3. The van der Waals surface area contributed by atoms with Crippen LogP contribution >= 0.6 is 0 Å². The molecular formula is C19H22N2O2. The number of amides is 1. The van der Waals surface area contributed by atoms with Crippen LogP contribution in [0.4, 0.5) is 5.69 Å². The number of morpholine rings is 1. The van der Waals surface area contributed by atoms with Gasteiger partial charge in [0, 0.05) is 18.8 Å². The SMILES string of the molecule is Cc1ccccc1NC(=O)[C@H](c1ccccc1)N1CCOCC1. The smallest absolute Gasteiger partial charge is 0.246 e. The number of anilines is 1. The van der Waals surface area contributed by atoms with Crippen molar-refractivity contribution in [2.45, 2.75) is 13.0 Å². The third-order valence-corrected chi connectivity index (χ3v) is 4.18. The Balaban J connectivity index is 1.85. The summed E-state index contributed by atoms with van der Waals surface area (Å²) in [5, 5.41) is 3.08. The Morgan fingerprint density at radius 3 is 2.39 bits per heavy atom. The number of rotatable bonds is 4. The molecule has 120 valence electrons. The first-order valence-electron chi connectivity index (χ1n) is 7.99. The van der Waals surface area contributed by atoms with Gasteiger partial charge in [0.2, 0.25) is 5.91 Å². The number of aryl methyl sites for hydroxylation is 1. The molecule has 1 saturated heterocycles. The minimum Gasteiger partial charge on any atom is -0.379 e. The molecule has 4 nitrogen and oxygen atoms in total. The molecule has 1 atom stereocenters. The number of hydrogen-bond donors (Lipinski definition) is 1. The average Bonchev–Trinajstić information content (AvgIpc) is 2.59. The number of ether oxygens (including phenoxy) is 1. The third-order valence-electron chi connectivity index (χ3n) is 4.18. The zero-order chi connectivity index (χ0) is 16.1. The van der Waals surface area contributed by atoms with E-state index in [2.05, 4.69) is 10.2 Å². The van der Waals surface area contributed by atoms with Gasteiger partial charge in [-0.1, -0.05) is 48.5 Å². The van der Waals surface area contributed by atoms with Gasteiger partial charge < -0.3 is 10.1 Å². The summed E-state index contributed by atoms with van der Waals surface area (Å²) >= 11 is 0. The summed E-state index contributed by atoms with van der Waals surface area (Å²) in [4.78, 5) is 15.2. The minimum absolute atomic E-state index is 0.00685. The van der Waals surface area contributed by atoms with E-state index in [9.17, 15) is 4.79 Å². The second kappa shape index (κ2) is 7.40. The van der Waals surface area contributed by atoms with Gasteiger partial charge in [-0.05, 0) is 24.1 Å². The van der Waals surface area contributed by atoms with Crippen molar-refractivity contribution in [1.82, 2.24) is 4.90 Å². The Morgan fingerprint density at radius 2 is 1.70 bits per heavy atom. The largest absolute Gasteiger partial charge is 0.379 e. The fraction of sp³-hybridized carbons (Fsp3) is 0.316. The second-order valence-corrected chi connectivity index (χ2v) is 5.77. The van der Waals surface area contributed by atoms with Crippen molar-refractivity contribution < 1.29 is 9.53 Å². The Bertz CT molecular complexity index is 651. The van der Waals surface area contributed by atoms with E-state index >= 15 is 0 Å². The number of benzene rings is 2. The topological polar surface area (TPSA) is 41.6 Å². The Kier molecular flexibility index (Phi) is 5.05. The lowest BCUT2D eigenvalue weighted by atomic mass is 10.0. The Hall–Kier alpha value is -2.17. The van der Waals surface area contributed by atoms with E-state index in [4.69, 9.17) is 4.74 Å². The molecule has 0 aromatic heterocycles. The standard InChI is InChI=1S/C19H22N2O2/c1-15-7-5-6-10-17(15)20-19(22)18(16-8-3-2-4-9-16)21-11-13-23-14-12-21/h2-10,18H,11-14H2,1H3,(H,20,22)/t18-/m0/s1. The highest BCUT2D eigenvalue weighted by molar-refractivity contribution is 5.96. The van der Waals surface area contributed by atoms with Crippen molar-refractivity contribution in [2.75, 3.05) is 31.6 Å². The van der Waals surface area contributed by atoms with Crippen LogP contribution in [0.2, 0.25) is 0 Å². The number of hydrogen-bond acceptors (Lipinski definition) is 3. The fourth-order valence-electron chi connectivity index (χ4n) is 2.91. The molecule has 0 bridgehead atoms. The van der Waals surface area contributed by atoms with Gasteiger partial charge >= 0.3 is 0 Å². The molecule has 1 N–H and O–H groups in total. The summed E-state index contributed by atoms with van der Waals surface area (Å²) in [6.45, 7) is 4.87. The maximum absolute atomic E-state index is 13.0. The first kappa shape index (κ1) is 15.7. The van der Waals surface area contributed by atoms with Crippen molar-refractivity contribution >= 4 is 11.6 Å². The fourth-order valence-corrected chi connectivity index (χ4v) is 2.91. The second-order valence-electron chi connectivity index (χ2n) is 5.77. The molecular weight excluding hydrogens is 288 g/mol. The quantitative estimate of drug-likeness (QED) is 0.944. The van der Waals surface area contributed by atoms with Crippen LogP contribution in [0.5, 0.6) is 0 Å². The van der Waals surface area contributed by atoms with Crippen LogP contribution in [0.25, 0.3) is 0 Å². The summed E-state index contributed by atoms with van der Waals surface area (Å²) in [6.07, 6.45) is 0. The van der Waals surface area contributed by atoms with E-state index in [1.165, 1.54) is 0 Å². The molecule has 0 aliphatic carbocycles. The Morgan fingerprint density at radius 1 is 1.04 bits per heavy atom. The van der Waals surface area contributed by atoms with Crippen LogP contribution in [-0.2, 0) is 9.53 Å². The predicted octanol–water partition coefficient (Wildman–Crippen LogP) is 3.01. The average molecular weight is 310 g/mol. The number of nitrogens with one attached hydrogen (secondary N) is 1. The summed E-state index contributed by atoms with van der Waals surface area (Å²) in [7, 11) is 0. The molecule has 4 heteroatoms. The van der Waals surface area contributed by atoms with Crippen molar-refractivity contribution in [1.29, 1.82) is 0 Å². The van der Waals surface area contributed by atoms with Crippen molar-refractivity contribution in [3.63, 3.8) is 0 Å². The monoisotopic (exact) mass is 310 g/mol. The number of para-hydroxylation sites is 1. The van der Waals surface area contributed by atoms with Gasteiger partial charge in [0.1, 0.15) is 6.04 Å². The molecule has 2 aromatic carbocycles. The predicted molar refractivity (Wildman–Crippen MR) is 91.4 cm³/mol. The van der Waals surface area contributed by atoms with Gasteiger partial charge in [-0.3, -0.25) is 9.69 Å². The Labute approximate surface area is 137 Å². The van der Waals surface area contributed by atoms with Crippen molar-refractivity contribution in [3.05, 3.63) is 65.7 Å². The summed E-state index contributed by atoms with van der Waals surface area (Å²) in [5.41, 5.74) is 2.95. The van der Waals surface area contributed by atoms with Crippen molar-refractivity contribution in [3.8, 4) is 0 Å². The highest BCUT2D eigenvalue weighted by Crippen LogP contribution is 2.24. The molecule has 1 heterocycles. The summed E-state index contributed by atoms with van der Waals surface area (Å²) < 4.78 is 5.43. The maximum atomic E-state index is 13.0. The number of carbonyl (C=O) groups is 1. The summed E-state index contributed by atoms with van der Waals surface area (Å²) in [5.74, 6) is 0.00685. The molecule has 1 amide bonds. The molecule has 1 aliphatic rings. The highest BCUT2D eigenvalue weighted by atomic mass is 16.5. The van der Waals surface area contributed by atoms with Gasteiger partial charge in [-0.15, -0.1) is 0 Å². The van der Waals surface area contributed by atoms with E-state index in [0.29, 0.717) is 13.2 Å². The molecule has 23 heavy (non-hydrogen) atoms. The van der Waals surface area contributed by atoms with Crippen molar-refractivity contribution in [2.24, 2.45) is 0 Å². The van der Waals surface area contributed by atoms with Gasteiger partial charge in [0.15, 0.2) is 0 Å². The van der Waals surface area contributed by atoms with Crippen LogP contribution in [0.1, 0.15) is 17.2 Å². The van der Waals surface area contributed by atoms with E-state index < -0.39 is 0 Å². The third kappa shape index (κ3) is 3.78. The maximum Gasteiger partial charge on any atom is 0.246 e. The van der Waals surface area contributed by atoms with Gasteiger partial charge in [0.25, 0.3) is 0 Å². The molecule has 0 radical (unpaired) electrons. The van der Waals surface area contributed by atoms with E-state index in [1.807, 2.05) is 61.5 Å². The van der Waals surface area contributed by atoms with Gasteiger partial charge in [-0.25, -0.2) is 0 Å². The molecule has 0 saturated carbocycles. The molecule has 3 rings (SSSR count). The van der Waals surface area contributed by atoms with Crippen LogP contribution in [0.3, 0.4) is 0 Å². The van der Waals surface area contributed by atoms with Gasteiger partial charge in [0.05, 0.1) is 13.2 Å². The lowest BCUT2D eigenvalue weighted by molar-refractivity contribution is -0.123. The molecule has 2 aromatic rings. The van der Waals surface area contributed by atoms with E-state index in [1.54, 1.807) is 0 Å². The zero-order valence-corrected chi connectivity index (χ0v) is 13.4. The van der Waals surface area contributed by atoms with Crippen LogP contribution in [0, 0.1) is 6.92 Å². The molecule has 0 spiro atoms. The highest BCUT2D eigenvalue weighted by Gasteiger charge is 2.29. The van der Waals surface area contributed by atoms with Crippen LogP contribution < -0.4 is 5.32 Å². The lowest BCUT2D eigenvalue weighted by Gasteiger charge is -2.33. The van der Waals surface area contributed by atoms with Crippen LogP contribution in [0.15, 0.2) is 54.6 Å². The van der Waals surface area contributed by atoms with Crippen LogP contribution in [-0.4, -0.2) is 37.1 Å². The molecule has 1 aliphatic heterocycles. The number of carbonyl (C=O) groups excluding carboxylic acids is 1. The summed E-state index contributed by atoms with van der Waals surface area (Å²) in [6, 6.07) is 17.5. The van der Waals surface area contributed by atoms with Gasteiger partial charge in [-0.2, -0.15) is 0 Å². The zero-order valence-electron chi connectivity index (χ0n) is 13.4. The minimum atomic E-state index is -0.292.